The van der Waals surface area contributed by atoms with Gasteiger partial charge in [-0.05, 0) is 31.4 Å². The zero-order valence-corrected chi connectivity index (χ0v) is 12.2. The van der Waals surface area contributed by atoms with Crippen molar-refractivity contribution in [3.8, 4) is 0 Å². The molecule has 0 saturated carbocycles. The number of amides is 1. The van der Waals surface area contributed by atoms with Gasteiger partial charge in [0.15, 0.2) is 0 Å². The van der Waals surface area contributed by atoms with Gasteiger partial charge in [0.25, 0.3) is 5.56 Å². The number of rotatable bonds is 5. The second-order valence-corrected chi connectivity index (χ2v) is 5.24. The second-order valence-electron chi connectivity index (χ2n) is 5.24. The minimum Gasteiger partial charge on any atom is -0.477 e. The van der Waals surface area contributed by atoms with Gasteiger partial charge >= 0.3 is 5.97 Å². The van der Waals surface area contributed by atoms with Crippen LogP contribution < -0.4 is 10.9 Å². The molecule has 0 aromatic carbocycles. The van der Waals surface area contributed by atoms with Gasteiger partial charge < -0.3 is 15.0 Å². The molecule has 0 spiro atoms. The van der Waals surface area contributed by atoms with Gasteiger partial charge in [-0.25, -0.2) is 4.79 Å². The molecule has 110 valence electrons. The molecule has 0 aliphatic carbocycles. The highest BCUT2D eigenvalue weighted by Gasteiger charge is 2.17. The van der Waals surface area contributed by atoms with Gasteiger partial charge in [-0.2, -0.15) is 0 Å². The van der Waals surface area contributed by atoms with E-state index in [0.29, 0.717) is 23.7 Å². The van der Waals surface area contributed by atoms with Crippen molar-refractivity contribution in [3.05, 3.63) is 33.2 Å². The third-order valence-electron chi connectivity index (χ3n) is 2.93. The summed E-state index contributed by atoms with van der Waals surface area (Å²) >= 11 is 0. The van der Waals surface area contributed by atoms with Crippen LogP contribution in [0.1, 0.15) is 35.5 Å². The van der Waals surface area contributed by atoms with Crippen molar-refractivity contribution in [2.24, 2.45) is 5.92 Å². The summed E-state index contributed by atoms with van der Waals surface area (Å²) in [5.41, 5.74) is 0.0398. The van der Waals surface area contributed by atoms with E-state index in [4.69, 9.17) is 5.11 Å². The number of nitrogens with zero attached hydrogens (tertiary/aromatic N) is 1. The van der Waals surface area contributed by atoms with Crippen LogP contribution in [0, 0.1) is 19.8 Å². The second kappa shape index (κ2) is 6.36. The monoisotopic (exact) mass is 280 g/mol. The molecule has 0 fully saturated rings. The Balaban J connectivity index is 3.07. The number of aromatic nitrogens is 1. The third kappa shape index (κ3) is 3.69. The molecular weight excluding hydrogens is 260 g/mol. The topological polar surface area (TPSA) is 88.4 Å². The van der Waals surface area contributed by atoms with Crippen molar-refractivity contribution >= 4 is 11.9 Å². The Kier molecular flexibility index (Phi) is 5.07. The van der Waals surface area contributed by atoms with Crippen LogP contribution in [0.3, 0.4) is 0 Å². The normalized spacial score (nSPS) is 10.7. The zero-order chi connectivity index (χ0) is 15.4. The molecule has 6 heteroatoms. The summed E-state index contributed by atoms with van der Waals surface area (Å²) in [5, 5.41) is 11.8. The summed E-state index contributed by atoms with van der Waals surface area (Å²) < 4.78 is 1.19. The maximum Gasteiger partial charge on any atom is 0.341 e. The first-order chi connectivity index (χ1) is 9.23. The first-order valence-electron chi connectivity index (χ1n) is 6.45. The molecular formula is C14H20N2O4. The van der Waals surface area contributed by atoms with E-state index in [9.17, 15) is 14.4 Å². The van der Waals surface area contributed by atoms with Gasteiger partial charge in [-0.15, -0.1) is 0 Å². The molecule has 1 rings (SSSR count). The summed E-state index contributed by atoms with van der Waals surface area (Å²) in [6.07, 6.45) is 0. The Morgan fingerprint density at radius 3 is 2.45 bits per heavy atom. The molecule has 1 amide bonds. The van der Waals surface area contributed by atoms with Gasteiger partial charge in [0, 0.05) is 12.2 Å². The summed E-state index contributed by atoms with van der Waals surface area (Å²) in [4.78, 5) is 35.0. The Morgan fingerprint density at radius 2 is 1.95 bits per heavy atom. The fourth-order valence-corrected chi connectivity index (χ4v) is 1.90. The molecule has 0 saturated heterocycles. The summed E-state index contributed by atoms with van der Waals surface area (Å²) in [6.45, 7) is 7.53. The Hall–Kier alpha value is -2.11. The molecule has 0 aliphatic heterocycles. The fourth-order valence-electron chi connectivity index (χ4n) is 1.90. The maximum absolute atomic E-state index is 12.1. The Morgan fingerprint density at radius 1 is 1.35 bits per heavy atom. The van der Waals surface area contributed by atoms with E-state index in [1.165, 1.54) is 4.57 Å². The lowest BCUT2D eigenvalue weighted by Crippen LogP contribution is -2.37. The van der Waals surface area contributed by atoms with Crippen molar-refractivity contribution in [1.82, 2.24) is 9.88 Å². The van der Waals surface area contributed by atoms with Crippen molar-refractivity contribution < 1.29 is 14.7 Å². The van der Waals surface area contributed by atoms with E-state index in [1.54, 1.807) is 19.9 Å². The van der Waals surface area contributed by atoms with Gasteiger partial charge in [-0.1, -0.05) is 13.8 Å². The molecule has 1 aromatic rings. The molecule has 0 bridgehead atoms. The SMILES string of the molecule is Cc1cc(C)n(CC(=O)NCC(C)C)c(=O)c1C(=O)O. The zero-order valence-electron chi connectivity index (χ0n) is 12.2. The quantitative estimate of drug-likeness (QED) is 0.840. The standard InChI is InChI=1S/C14H20N2O4/c1-8(2)6-15-11(17)7-16-10(4)5-9(3)12(13(16)18)14(19)20/h5,8H,6-7H2,1-4H3,(H,15,17)(H,19,20). The number of pyridine rings is 1. The number of aryl methyl sites for hydroxylation is 2. The largest absolute Gasteiger partial charge is 0.477 e. The summed E-state index contributed by atoms with van der Waals surface area (Å²) in [7, 11) is 0. The van der Waals surface area contributed by atoms with Gasteiger partial charge in [0.1, 0.15) is 12.1 Å². The smallest absolute Gasteiger partial charge is 0.341 e. The van der Waals surface area contributed by atoms with Gasteiger partial charge in [-0.3, -0.25) is 9.59 Å². The van der Waals surface area contributed by atoms with Crippen LogP contribution in [0.4, 0.5) is 0 Å². The van der Waals surface area contributed by atoms with E-state index in [1.807, 2.05) is 13.8 Å². The number of aromatic carboxylic acids is 1. The number of carbonyl (C=O) groups excluding carboxylic acids is 1. The molecule has 0 aliphatic rings. The third-order valence-corrected chi connectivity index (χ3v) is 2.93. The number of carboxylic acids is 1. The lowest BCUT2D eigenvalue weighted by molar-refractivity contribution is -0.121. The van der Waals surface area contributed by atoms with Crippen LogP contribution in [0.15, 0.2) is 10.9 Å². The minimum atomic E-state index is -1.27. The molecule has 0 atom stereocenters. The number of carbonyl (C=O) groups is 2. The van der Waals surface area contributed by atoms with Crippen LogP contribution in [0.2, 0.25) is 0 Å². The predicted octanol–water partition coefficient (Wildman–Crippen LogP) is 0.936. The predicted molar refractivity (Wildman–Crippen MR) is 75.0 cm³/mol. The van der Waals surface area contributed by atoms with Crippen molar-refractivity contribution in [1.29, 1.82) is 0 Å². The van der Waals surface area contributed by atoms with E-state index < -0.39 is 11.5 Å². The van der Waals surface area contributed by atoms with Crippen molar-refractivity contribution in [2.75, 3.05) is 6.54 Å². The number of hydrogen-bond donors (Lipinski definition) is 2. The van der Waals surface area contributed by atoms with E-state index in [2.05, 4.69) is 5.32 Å². The van der Waals surface area contributed by atoms with E-state index >= 15 is 0 Å². The van der Waals surface area contributed by atoms with Crippen LogP contribution in [-0.2, 0) is 11.3 Å². The lowest BCUT2D eigenvalue weighted by atomic mass is 10.1. The van der Waals surface area contributed by atoms with Gasteiger partial charge in [0.2, 0.25) is 5.91 Å². The maximum atomic E-state index is 12.1. The Bertz CT molecular complexity index is 588. The first kappa shape index (κ1) is 15.9. The summed E-state index contributed by atoms with van der Waals surface area (Å²) in [5.74, 6) is -1.27. The average molecular weight is 280 g/mol. The minimum absolute atomic E-state index is 0.169. The van der Waals surface area contributed by atoms with Crippen LogP contribution >= 0.6 is 0 Å². The molecule has 1 heterocycles. The molecule has 0 radical (unpaired) electrons. The average Bonchev–Trinajstić information content (AvgIpc) is 2.31. The highest BCUT2D eigenvalue weighted by molar-refractivity contribution is 5.89. The number of carboxylic acid groups (broad SMARTS) is 1. The molecule has 0 unspecified atom stereocenters. The number of hydrogen-bond acceptors (Lipinski definition) is 3. The highest BCUT2D eigenvalue weighted by atomic mass is 16.4. The van der Waals surface area contributed by atoms with Gasteiger partial charge in [0.05, 0.1) is 0 Å². The first-order valence-corrected chi connectivity index (χ1v) is 6.45. The summed E-state index contributed by atoms with van der Waals surface area (Å²) in [6, 6.07) is 1.60. The van der Waals surface area contributed by atoms with Crippen LogP contribution in [0.25, 0.3) is 0 Å². The highest BCUT2D eigenvalue weighted by Crippen LogP contribution is 2.06. The lowest BCUT2D eigenvalue weighted by Gasteiger charge is -2.13. The van der Waals surface area contributed by atoms with Crippen molar-refractivity contribution in [2.45, 2.75) is 34.2 Å². The fraction of sp³-hybridized carbons (Fsp3) is 0.500. The van der Waals surface area contributed by atoms with Crippen LogP contribution in [-0.4, -0.2) is 28.1 Å². The Labute approximate surface area is 117 Å². The number of nitrogens with one attached hydrogen (secondary N) is 1. The molecule has 1 aromatic heterocycles. The molecule has 6 nitrogen and oxygen atoms in total. The van der Waals surface area contributed by atoms with E-state index in [-0.39, 0.29) is 18.0 Å². The molecule has 2 N–H and O–H groups in total. The van der Waals surface area contributed by atoms with E-state index in [0.717, 1.165) is 0 Å². The molecule has 20 heavy (non-hydrogen) atoms. The van der Waals surface area contributed by atoms with Crippen LogP contribution in [0.5, 0.6) is 0 Å². The van der Waals surface area contributed by atoms with Crippen molar-refractivity contribution in [3.63, 3.8) is 0 Å².